The van der Waals surface area contributed by atoms with Gasteiger partial charge < -0.3 is 14.2 Å². The first kappa shape index (κ1) is 45.5. The number of carboxylic acid groups (broad SMARTS) is 1. The van der Waals surface area contributed by atoms with Gasteiger partial charge in [-0.2, -0.15) is 20.2 Å². The number of carbonyl (C=O) groups excluding carboxylic acids is 1. The van der Waals surface area contributed by atoms with Crippen molar-refractivity contribution >= 4 is 31.9 Å². The fourth-order valence-electron chi connectivity index (χ4n) is 7.63. The summed E-state index contributed by atoms with van der Waals surface area (Å²) in [5.41, 5.74) is 1.64. The Kier molecular flexibility index (Phi) is 17.5. The van der Waals surface area contributed by atoms with Crippen LogP contribution in [0.5, 0.6) is 0 Å². The minimum Gasteiger partial charge on any atom is -0.481 e. The maximum absolute atomic E-state index is 12.1. The van der Waals surface area contributed by atoms with E-state index in [1.165, 1.54) is 89.0 Å². The zero-order valence-electron chi connectivity index (χ0n) is 32.9. The molecule has 2 atom stereocenters. The third-order valence-corrected chi connectivity index (χ3v) is 13.6. The summed E-state index contributed by atoms with van der Waals surface area (Å²) in [6.45, 7) is -0.309. The van der Waals surface area contributed by atoms with Crippen LogP contribution in [0.3, 0.4) is 0 Å². The maximum Gasteiger partial charge on any atom is 0.304 e. The molecule has 23 heteroatoms. The highest BCUT2D eigenvalue weighted by Crippen LogP contribution is 2.32. The van der Waals surface area contributed by atoms with Crippen molar-refractivity contribution in [2.45, 2.75) is 150 Å². The molecular weight excluding hydrogens is 811 g/mol. The lowest BCUT2D eigenvalue weighted by molar-refractivity contribution is -0.137. The number of hydrogen-bond acceptors (Lipinski definition) is 15. The van der Waals surface area contributed by atoms with Gasteiger partial charge in [0, 0.05) is 30.7 Å². The summed E-state index contributed by atoms with van der Waals surface area (Å²) < 4.78 is 63.8. The summed E-state index contributed by atoms with van der Waals surface area (Å²) in [7, 11) is -7.47. The van der Waals surface area contributed by atoms with Crippen molar-refractivity contribution in [2.24, 2.45) is 11.8 Å². The zero-order chi connectivity index (χ0) is 42.1. The number of aliphatic carboxylic acids is 1. The van der Waals surface area contributed by atoms with E-state index in [-0.39, 0.29) is 71.0 Å². The molecule has 0 unspecified atom stereocenters. The van der Waals surface area contributed by atoms with Gasteiger partial charge in [-0.15, -0.1) is 0 Å². The molecule has 4 aromatic rings. The molecule has 2 fully saturated rings. The number of amides is 1. The minimum atomic E-state index is -3.74. The second-order valence-electron chi connectivity index (χ2n) is 15.2. The molecule has 2 aliphatic carbocycles. The maximum atomic E-state index is 12.1. The Labute approximate surface area is 342 Å². The lowest BCUT2D eigenvalue weighted by Gasteiger charge is -2.22. The van der Waals surface area contributed by atoms with Crippen LogP contribution in [0.2, 0.25) is 0 Å². The van der Waals surface area contributed by atoms with E-state index in [1.807, 2.05) is 0 Å². The Balaban J connectivity index is 0.000000224. The van der Waals surface area contributed by atoms with Gasteiger partial charge in [0.05, 0.1) is 31.9 Å². The van der Waals surface area contributed by atoms with Gasteiger partial charge in [0.1, 0.15) is 9.79 Å². The van der Waals surface area contributed by atoms with Gasteiger partial charge in [-0.25, -0.2) is 31.8 Å². The molecule has 0 spiro atoms. The lowest BCUT2D eigenvalue weighted by Crippen LogP contribution is -2.23. The fraction of sp³-hybridized carbons (Fsp3) is 0.667. The molecule has 7 N–H and O–H groups in total. The van der Waals surface area contributed by atoms with Crippen LogP contribution in [-0.4, -0.2) is 79.7 Å². The summed E-state index contributed by atoms with van der Waals surface area (Å²) in [6.07, 6.45) is 22.9. The van der Waals surface area contributed by atoms with Crippen molar-refractivity contribution in [1.82, 2.24) is 55.6 Å². The van der Waals surface area contributed by atoms with E-state index < -0.39 is 31.9 Å². The third-order valence-electron chi connectivity index (χ3n) is 10.8. The molecule has 4 aromatic heterocycles. The number of nitrogens with zero attached hydrogens (tertiary/aromatic N) is 6. The fourth-order valence-corrected chi connectivity index (χ4v) is 9.40. The molecule has 2 saturated carbocycles. The Morgan fingerprint density at radius 1 is 0.712 bits per heavy atom. The molecule has 0 bridgehead atoms. The van der Waals surface area contributed by atoms with Gasteiger partial charge in [0.25, 0.3) is 0 Å². The van der Waals surface area contributed by atoms with E-state index in [1.54, 1.807) is 5.48 Å². The topological polar surface area (TPSA) is 314 Å². The Morgan fingerprint density at radius 3 is 1.54 bits per heavy atom. The highest BCUT2D eigenvalue weighted by Gasteiger charge is 2.26. The number of hydroxylamine groups is 1. The van der Waals surface area contributed by atoms with Crippen molar-refractivity contribution in [2.75, 3.05) is 0 Å². The van der Waals surface area contributed by atoms with Crippen LogP contribution in [-0.2, 0) is 42.7 Å². The number of carbonyl (C=O) groups is 2. The van der Waals surface area contributed by atoms with Crippen LogP contribution in [0.15, 0.2) is 43.6 Å². The van der Waals surface area contributed by atoms with Crippen molar-refractivity contribution < 1.29 is 45.8 Å². The number of H-pyrrole nitrogens is 2. The van der Waals surface area contributed by atoms with Gasteiger partial charge >= 0.3 is 5.97 Å². The van der Waals surface area contributed by atoms with Crippen LogP contribution in [0.4, 0.5) is 0 Å². The number of rotatable bonds is 22. The Hall–Kier alpha value is -4.58. The molecule has 0 aliphatic heterocycles. The predicted molar refractivity (Wildman–Crippen MR) is 207 cm³/mol. The first-order chi connectivity index (χ1) is 28.4. The number of sulfonamides is 2. The molecule has 0 saturated heterocycles. The summed E-state index contributed by atoms with van der Waals surface area (Å²) in [5.74, 6) is 0.120. The molecule has 1 amide bonds. The zero-order valence-corrected chi connectivity index (χ0v) is 34.6. The Morgan fingerprint density at radius 2 is 1.15 bits per heavy atom. The number of aromatic amines is 2. The van der Waals surface area contributed by atoms with E-state index in [4.69, 9.17) is 14.3 Å². The number of hydrogen-bond donors (Lipinski definition) is 7. The molecule has 6 rings (SSSR count). The van der Waals surface area contributed by atoms with E-state index >= 15 is 0 Å². The van der Waals surface area contributed by atoms with E-state index in [2.05, 4.69) is 50.1 Å². The highest BCUT2D eigenvalue weighted by atomic mass is 32.2. The number of carboxylic acids is 1. The summed E-state index contributed by atoms with van der Waals surface area (Å²) >= 11 is 0. The molecule has 0 aromatic carbocycles. The van der Waals surface area contributed by atoms with Gasteiger partial charge in [0.2, 0.25) is 37.7 Å². The standard InChI is InChI=1S/C18H28N6O5S.C18H27N5O5S/c25-17(23-26)9-14(8-4-7-13-5-2-1-3-6-13)18-22-16(24-29-18)12-21-30(27,28)15-10-19-20-11-15;24-17(25)9-14(8-4-7-13-5-2-1-3-6-13)18-22-16(23-28-18)12-21-29(26,27)15-10-19-20-11-15/h10-11,13-14,21,26H,1-9,12H2,(H,19,20)(H,23,25);10-11,13-14,21H,1-9,12H2,(H,19,20)(H,24,25)/t2*14-/m11/s1. The SMILES string of the molecule is O=C(C[C@@H](CCCC1CCCCC1)c1nc(CNS(=O)(=O)c2cn[nH]c2)no1)NO.O=C(O)C[C@@H](CCCC1CCCCC1)c1nc(CNS(=O)(=O)c2cn[nH]c2)no1. The first-order valence-corrected chi connectivity index (χ1v) is 23.1. The van der Waals surface area contributed by atoms with Gasteiger partial charge in [0.15, 0.2) is 11.6 Å². The molecule has 2 aliphatic rings. The second-order valence-corrected chi connectivity index (χ2v) is 18.7. The highest BCUT2D eigenvalue weighted by molar-refractivity contribution is 7.89. The van der Waals surface area contributed by atoms with E-state index in [0.717, 1.165) is 37.5 Å². The molecule has 0 radical (unpaired) electrons. The number of aromatic nitrogens is 8. The lowest BCUT2D eigenvalue weighted by atomic mass is 9.84. The molecule has 326 valence electrons. The van der Waals surface area contributed by atoms with E-state index in [0.29, 0.717) is 12.8 Å². The van der Waals surface area contributed by atoms with Crippen molar-refractivity contribution in [3.05, 3.63) is 48.2 Å². The minimum absolute atomic E-state index is 0.00595. The molecule has 59 heavy (non-hydrogen) atoms. The third kappa shape index (κ3) is 14.9. The van der Waals surface area contributed by atoms with Crippen LogP contribution >= 0.6 is 0 Å². The average Bonchev–Trinajstić information content (AvgIpc) is 4.08. The molecule has 21 nitrogen and oxygen atoms in total. The average molecular weight is 866 g/mol. The van der Waals surface area contributed by atoms with Crippen LogP contribution in [0.1, 0.15) is 151 Å². The van der Waals surface area contributed by atoms with Crippen LogP contribution < -0.4 is 14.9 Å². The second kappa shape index (κ2) is 22.7. The summed E-state index contributed by atoms with van der Waals surface area (Å²) in [4.78, 5) is 31.5. The smallest absolute Gasteiger partial charge is 0.304 e. The monoisotopic (exact) mass is 865 g/mol. The van der Waals surface area contributed by atoms with Crippen molar-refractivity contribution in [1.29, 1.82) is 0 Å². The normalized spacial score (nSPS) is 16.6. The van der Waals surface area contributed by atoms with Gasteiger partial charge in [-0.3, -0.25) is 25.0 Å². The van der Waals surface area contributed by atoms with Crippen LogP contribution in [0, 0.1) is 11.8 Å². The van der Waals surface area contributed by atoms with Gasteiger partial charge in [-0.05, 0) is 24.7 Å². The summed E-state index contributed by atoms with van der Waals surface area (Å²) in [5, 5.41) is 37.8. The quantitative estimate of drug-likeness (QED) is 0.0420. The molecular formula is C36H55N11O10S2. The number of nitrogens with one attached hydrogen (secondary N) is 5. The molecule has 4 heterocycles. The van der Waals surface area contributed by atoms with Crippen LogP contribution in [0.25, 0.3) is 0 Å². The predicted octanol–water partition coefficient (Wildman–Crippen LogP) is 4.58. The summed E-state index contributed by atoms with van der Waals surface area (Å²) in [6, 6.07) is 0. The van der Waals surface area contributed by atoms with Crippen molar-refractivity contribution in [3.8, 4) is 0 Å². The largest absolute Gasteiger partial charge is 0.481 e. The first-order valence-electron chi connectivity index (χ1n) is 20.2. The Bertz CT molecular complexity index is 2060. The van der Waals surface area contributed by atoms with E-state index in [9.17, 15) is 31.5 Å². The van der Waals surface area contributed by atoms with Crippen molar-refractivity contribution in [3.63, 3.8) is 0 Å². The van der Waals surface area contributed by atoms with Gasteiger partial charge in [-0.1, -0.05) is 100 Å².